The van der Waals surface area contributed by atoms with E-state index in [1.165, 1.54) is 0 Å². The Kier molecular flexibility index (Phi) is 5.69. The van der Waals surface area contributed by atoms with Gasteiger partial charge in [0.1, 0.15) is 12.4 Å². The molecule has 0 atom stereocenters. The molecule has 1 aromatic heterocycles. The molecule has 0 fully saturated rings. The lowest BCUT2D eigenvalue weighted by atomic mass is 10.1. The first-order valence-corrected chi connectivity index (χ1v) is 7.87. The van der Waals surface area contributed by atoms with Gasteiger partial charge in [-0.1, -0.05) is 23.4 Å². The largest absolute Gasteiger partial charge is 0.488 e. The van der Waals surface area contributed by atoms with Crippen LogP contribution in [0.15, 0.2) is 24.3 Å². The van der Waals surface area contributed by atoms with Crippen molar-refractivity contribution in [1.82, 2.24) is 0 Å². The molecule has 2 rings (SSSR count). The lowest BCUT2D eigenvalue weighted by Gasteiger charge is -2.09. The summed E-state index contributed by atoms with van der Waals surface area (Å²) in [5, 5.41) is 9.49. The van der Waals surface area contributed by atoms with Crippen LogP contribution in [0.25, 0.3) is 0 Å². The van der Waals surface area contributed by atoms with Crippen molar-refractivity contribution in [2.75, 3.05) is 6.61 Å². The molecular weight excluding hydrogens is 304 g/mol. The summed E-state index contributed by atoms with van der Waals surface area (Å²) in [5.74, 6) is 6.77. The van der Waals surface area contributed by atoms with E-state index in [0.29, 0.717) is 13.0 Å². The standard InChI is InChI=1S/C17H17ClO2S/c1-12-9-14(10-13(2)17(12)18)20-11-16-7-6-15(21-16)5-3-4-8-19/h6-7,9-10,19H,4,8,11H2,1-2H3. The third-order valence-electron chi connectivity index (χ3n) is 2.90. The number of halogens is 1. The van der Waals surface area contributed by atoms with Crippen LogP contribution in [0.2, 0.25) is 5.02 Å². The van der Waals surface area contributed by atoms with Gasteiger partial charge < -0.3 is 9.84 Å². The normalized spacial score (nSPS) is 10.1. The number of ether oxygens (including phenoxy) is 1. The average Bonchev–Trinajstić information content (AvgIpc) is 2.90. The summed E-state index contributed by atoms with van der Waals surface area (Å²) < 4.78 is 5.81. The predicted molar refractivity (Wildman–Crippen MR) is 88.2 cm³/mol. The van der Waals surface area contributed by atoms with E-state index in [2.05, 4.69) is 11.8 Å². The summed E-state index contributed by atoms with van der Waals surface area (Å²) in [5.41, 5.74) is 2.04. The van der Waals surface area contributed by atoms with Crippen LogP contribution in [0.5, 0.6) is 5.75 Å². The maximum Gasteiger partial charge on any atom is 0.122 e. The van der Waals surface area contributed by atoms with Crippen molar-refractivity contribution in [3.05, 3.63) is 50.2 Å². The third-order valence-corrected chi connectivity index (χ3v) is 4.47. The van der Waals surface area contributed by atoms with Gasteiger partial charge in [-0.2, -0.15) is 0 Å². The van der Waals surface area contributed by atoms with Crippen molar-refractivity contribution < 1.29 is 9.84 Å². The Morgan fingerprint density at radius 3 is 2.62 bits per heavy atom. The van der Waals surface area contributed by atoms with Crippen LogP contribution in [0, 0.1) is 25.7 Å². The molecular formula is C17H17ClO2S. The Morgan fingerprint density at radius 1 is 1.24 bits per heavy atom. The molecule has 110 valence electrons. The molecule has 0 radical (unpaired) electrons. The molecule has 0 aliphatic heterocycles. The van der Waals surface area contributed by atoms with Gasteiger partial charge in [0, 0.05) is 16.3 Å². The quantitative estimate of drug-likeness (QED) is 0.850. The summed E-state index contributed by atoms with van der Waals surface area (Å²) in [6, 6.07) is 7.89. The number of benzene rings is 1. The number of hydrogen-bond acceptors (Lipinski definition) is 3. The van der Waals surface area contributed by atoms with E-state index >= 15 is 0 Å². The van der Waals surface area contributed by atoms with Gasteiger partial charge in [-0.25, -0.2) is 0 Å². The Morgan fingerprint density at radius 2 is 1.95 bits per heavy atom. The molecule has 1 N–H and O–H groups in total. The lowest BCUT2D eigenvalue weighted by Crippen LogP contribution is -1.94. The molecule has 0 amide bonds. The molecule has 2 aromatic rings. The maximum atomic E-state index is 8.70. The lowest BCUT2D eigenvalue weighted by molar-refractivity contribution is 0.305. The van der Waals surface area contributed by atoms with Crippen LogP contribution in [-0.2, 0) is 6.61 Å². The molecule has 4 heteroatoms. The summed E-state index contributed by atoms with van der Waals surface area (Å²) in [7, 11) is 0. The van der Waals surface area contributed by atoms with E-state index < -0.39 is 0 Å². The Bertz CT molecular complexity index is 657. The molecule has 1 heterocycles. The zero-order chi connectivity index (χ0) is 15.2. The summed E-state index contributed by atoms with van der Waals surface area (Å²) in [6.45, 7) is 4.57. The topological polar surface area (TPSA) is 29.5 Å². The van der Waals surface area contributed by atoms with Crippen molar-refractivity contribution in [1.29, 1.82) is 0 Å². The van der Waals surface area contributed by atoms with Crippen LogP contribution in [-0.4, -0.2) is 11.7 Å². The van der Waals surface area contributed by atoms with Crippen LogP contribution >= 0.6 is 22.9 Å². The molecule has 0 saturated carbocycles. The monoisotopic (exact) mass is 320 g/mol. The first-order valence-electron chi connectivity index (χ1n) is 6.68. The second-order valence-corrected chi connectivity index (χ2v) is 6.25. The van der Waals surface area contributed by atoms with E-state index in [-0.39, 0.29) is 6.61 Å². The van der Waals surface area contributed by atoms with Gasteiger partial charge >= 0.3 is 0 Å². The van der Waals surface area contributed by atoms with Crippen molar-refractivity contribution in [3.8, 4) is 17.6 Å². The SMILES string of the molecule is Cc1cc(OCc2ccc(C#CCCO)s2)cc(C)c1Cl. The molecule has 0 bridgehead atoms. The highest BCUT2D eigenvalue weighted by atomic mass is 35.5. The molecule has 2 nitrogen and oxygen atoms in total. The highest BCUT2D eigenvalue weighted by molar-refractivity contribution is 7.12. The number of hydrogen-bond donors (Lipinski definition) is 1. The average molecular weight is 321 g/mol. The van der Waals surface area contributed by atoms with Crippen molar-refractivity contribution >= 4 is 22.9 Å². The van der Waals surface area contributed by atoms with Crippen LogP contribution < -0.4 is 4.74 Å². The molecule has 21 heavy (non-hydrogen) atoms. The zero-order valence-electron chi connectivity index (χ0n) is 12.1. The van der Waals surface area contributed by atoms with Crippen molar-refractivity contribution in [2.45, 2.75) is 26.9 Å². The second kappa shape index (κ2) is 7.51. The minimum Gasteiger partial charge on any atom is -0.488 e. The first kappa shape index (κ1) is 15.9. The van der Waals surface area contributed by atoms with Crippen molar-refractivity contribution in [2.24, 2.45) is 0 Å². The van der Waals surface area contributed by atoms with E-state index in [1.807, 2.05) is 38.1 Å². The van der Waals surface area contributed by atoms with Gasteiger partial charge in [0.2, 0.25) is 0 Å². The number of rotatable bonds is 4. The molecule has 0 saturated heterocycles. The molecule has 1 aromatic carbocycles. The molecule has 0 aliphatic carbocycles. The van der Waals surface area contributed by atoms with Crippen LogP contribution in [0.3, 0.4) is 0 Å². The second-order valence-electron chi connectivity index (χ2n) is 4.70. The minimum atomic E-state index is 0.101. The predicted octanol–water partition coefficient (Wildman–Crippen LogP) is 4.33. The summed E-state index contributed by atoms with van der Waals surface area (Å²) in [4.78, 5) is 2.11. The van der Waals surface area contributed by atoms with E-state index in [1.54, 1.807) is 11.3 Å². The Hall–Kier alpha value is -1.47. The highest BCUT2D eigenvalue weighted by Gasteiger charge is 2.05. The number of thiophene rings is 1. The maximum absolute atomic E-state index is 8.70. The van der Waals surface area contributed by atoms with Gasteiger partial charge in [0.15, 0.2) is 0 Å². The zero-order valence-corrected chi connectivity index (χ0v) is 13.6. The van der Waals surface area contributed by atoms with Gasteiger partial charge in [-0.3, -0.25) is 0 Å². The molecule has 0 unspecified atom stereocenters. The third kappa shape index (κ3) is 4.50. The van der Waals surface area contributed by atoms with Gasteiger partial charge in [0.25, 0.3) is 0 Å². The minimum absolute atomic E-state index is 0.101. The number of aryl methyl sites for hydroxylation is 2. The molecule has 0 aliphatic rings. The molecule has 0 spiro atoms. The van der Waals surface area contributed by atoms with Gasteiger partial charge in [-0.15, -0.1) is 11.3 Å². The van der Waals surface area contributed by atoms with Crippen LogP contribution in [0.4, 0.5) is 0 Å². The van der Waals surface area contributed by atoms with Gasteiger partial charge in [0.05, 0.1) is 11.5 Å². The smallest absolute Gasteiger partial charge is 0.122 e. The van der Waals surface area contributed by atoms with Crippen molar-refractivity contribution in [3.63, 3.8) is 0 Å². The fraction of sp³-hybridized carbons (Fsp3) is 0.294. The summed E-state index contributed by atoms with van der Waals surface area (Å²) >= 11 is 7.75. The van der Waals surface area contributed by atoms with E-state index in [4.69, 9.17) is 21.4 Å². The van der Waals surface area contributed by atoms with Gasteiger partial charge in [-0.05, 0) is 49.2 Å². The van der Waals surface area contributed by atoms with E-state index in [0.717, 1.165) is 31.7 Å². The fourth-order valence-electron chi connectivity index (χ4n) is 1.87. The Balaban J connectivity index is 1.99. The number of aliphatic hydroxyl groups excluding tert-OH is 1. The number of aliphatic hydroxyl groups is 1. The first-order chi connectivity index (χ1) is 10.1. The van der Waals surface area contributed by atoms with E-state index in [9.17, 15) is 0 Å². The highest BCUT2D eigenvalue weighted by Crippen LogP contribution is 2.27. The fourth-order valence-corrected chi connectivity index (χ4v) is 2.78. The Labute approximate surface area is 134 Å². The summed E-state index contributed by atoms with van der Waals surface area (Å²) in [6.07, 6.45) is 0.507. The van der Waals surface area contributed by atoms with Crippen LogP contribution in [0.1, 0.15) is 27.3 Å².